The molecule has 1 aliphatic rings. The minimum Gasteiger partial charge on any atom is -0.307 e. The molecule has 0 spiro atoms. The normalized spacial score (nSPS) is 26.4. The molecule has 1 fully saturated rings. The molecule has 3 heteroatoms. The molecule has 1 aliphatic carbocycles. The molecular weight excluding hydrogens is 229 g/mol. The molecule has 3 unspecified atom stereocenters. The Morgan fingerprint density at radius 3 is 2.53 bits per heavy atom. The summed E-state index contributed by atoms with van der Waals surface area (Å²) >= 11 is 11.9. The second kappa shape index (κ2) is 4.32. The van der Waals surface area contributed by atoms with Crippen LogP contribution in [0.2, 0.25) is 10.0 Å². The van der Waals surface area contributed by atoms with Crippen LogP contribution in [0.15, 0.2) is 18.2 Å². The number of hydrogen-bond acceptors (Lipinski definition) is 1. The lowest BCUT2D eigenvalue weighted by Gasteiger charge is -2.14. The molecule has 1 aromatic rings. The van der Waals surface area contributed by atoms with Gasteiger partial charge in [-0.25, -0.2) is 0 Å². The summed E-state index contributed by atoms with van der Waals surface area (Å²) in [4.78, 5) is 0. The van der Waals surface area contributed by atoms with Crippen molar-refractivity contribution >= 4 is 23.2 Å². The van der Waals surface area contributed by atoms with Crippen LogP contribution in [-0.4, -0.2) is 6.04 Å². The van der Waals surface area contributed by atoms with Crippen molar-refractivity contribution in [3.8, 4) is 0 Å². The Hall–Kier alpha value is -0.240. The molecule has 0 aromatic heterocycles. The first-order valence-electron chi connectivity index (χ1n) is 5.29. The molecule has 0 saturated heterocycles. The van der Waals surface area contributed by atoms with E-state index in [-0.39, 0.29) is 0 Å². The van der Waals surface area contributed by atoms with E-state index in [0.29, 0.717) is 22.1 Å². The van der Waals surface area contributed by atoms with Crippen molar-refractivity contribution in [1.29, 1.82) is 0 Å². The van der Waals surface area contributed by atoms with Crippen LogP contribution < -0.4 is 5.32 Å². The van der Waals surface area contributed by atoms with Gasteiger partial charge in [0, 0.05) is 12.1 Å². The first kappa shape index (κ1) is 11.3. The maximum absolute atomic E-state index is 5.98. The Balaban J connectivity index is 2.04. The fourth-order valence-electron chi connectivity index (χ4n) is 1.75. The minimum absolute atomic E-state index is 0.342. The van der Waals surface area contributed by atoms with Crippen LogP contribution >= 0.6 is 23.2 Å². The highest BCUT2D eigenvalue weighted by Gasteiger charge is 2.33. The van der Waals surface area contributed by atoms with Crippen LogP contribution in [0.25, 0.3) is 0 Å². The molecule has 0 aliphatic heterocycles. The number of benzene rings is 1. The highest BCUT2D eigenvalue weighted by Crippen LogP contribution is 2.32. The van der Waals surface area contributed by atoms with Crippen molar-refractivity contribution in [3.05, 3.63) is 33.8 Å². The van der Waals surface area contributed by atoms with E-state index in [4.69, 9.17) is 23.2 Å². The lowest BCUT2D eigenvalue weighted by Crippen LogP contribution is -2.21. The average molecular weight is 244 g/mol. The SMILES string of the molecule is CC(NC1CC1C)c1ccc(Cl)c(Cl)c1. The number of halogens is 2. The summed E-state index contributed by atoms with van der Waals surface area (Å²) in [5.74, 6) is 0.815. The van der Waals surface area contributed by atoms with Gasteiger partial charge in [0.25, 0.3) is 0 Å². The first-order valence-corrected chi connectivity index (χ1v) is 6.04. The van der Waals surface area contributed by atoms with Crippen LogP contribution in [0.4, 0.5) is 0 Å². The lowest BCUT2D eigenvalue weighted by molar-refractivity contribution is 0.552. The van der Waals surface area contributed by atoms with Gasteiger partial charge in [0.2, 0.25) is 0 Å². The second-order valence-electron chi connectivity index (χ2n) is 4.38. The number of nitrogens with one attached hydrogen (secondary N) is 1. The fraction of sp³-hybridized carbons (Fsp3) is 0.500. The summed E-state index contributed by atoms with van der Waals surface area (Å²) < 4.78 is 0. The molecule has 1 nitrogen and oxygen atoms in total. The lowest BCUT2D eigenvalue weighted by atomic mass is 10.1. The van der Waals surface area contributed by atoms with E-state index in [9.17, 15) is 0 Å². The van der Waals surface area contributed by atoms with Gasteiger partial charge in [0.15, 0.2) is 0 Å². The van der Waals surface area contributed by atoms with Gasteiger partial charge in [-0.1, -0.05) is 36.2 Å². The molecule has 0 bridgehead atoms. The zero-order valence-corrected chi connectivity index (χ0v) is 10.4. The van der Waals surface area contributed by atoms with Gasteiger partial charge in [-0.15, -0.1) is 0 Å². The molecule has 1 aromatic carbocycles. The van der Waals surface area contributed by atoms with Gasteiger partial charge >= 0.3 is 0 Å². The second-order valence-corrected chi connectivity index (χ2v) is 5.20. The van der Waals surface area contributed by atoms with E-state index < -0.39 is 0 Å². The Labute approximate surface area is 101 Å². The molecule has 0 radical (unpaired) electrons. The van der Waals surface area contributed by atoms with E-state index in [1.165, 1.54) is 12.0 Å². The molecular formula is C12H15Cl2N. The third kappa shape index (κ3) is 2.66. The van der Waals surface area contributed by atoms with Crippen molar-refractivity contribution in [3.63, 3.8) is 0 Å². The molecule has 1 N–H and O–H groups in total. The van der Waals surface area contributed by atoms with Crippen molar-refractivity contribution in [1.82, 2.24) is 5.32 Å². The molecule has 82 valence electrons. The van der Waals surface area contributed by atoms with Crippen molar-refractivity contribution in [2.75, 3.05) is 0 Å². The largest absolute Gasteiger partial charge is 0.307 e. The Bertz CT molecular complexity index is 365. The van der Waals surface area contributed by atoms with Crippen LogP contribution in [0, 0.1) is 5.92 Å². The Kier molecular flexibility index (Phi) is 3.24. The maximum atomic E-state index is 5.98. The zero-order chi connectivity index (χ0) is 11.0. The van der Waals surface area contributed by atoms with Crippen LogP contribution in [0.3, 0.4) is 0 Å². The maximum Gasteiger partial charge on any atom is 0.0595 e. The molecule has 0 amide bonds. The molecule has 0 heterocycles. The first-order chi connectivity index (χ1) is 7.08. The van der Waals surface area contributed by atoms with Gasteiger partial charge in [0.1, 0.15) is 0 Å². The standard InChI is InChI=1S/C12H15Cl2N/c1-7-5-12(7)15-8(2)9-3-4-10(13)11(14)6-9/h3-4,6-8,12,15H,5H2,1-2H3. The summed E-state index contributed by atoms with van der Waals surface area (Å²) in [5.41, 5.74) is 1.20. The molecule has 15 heavy (non-hydrogen) atoms. The molecule has 3 atom stereocenters. The zero-order valence-electron chi connectivity index (χ0n) is 8.93. The summed E-state index contributed by atoms with van der Waals surface area (Å²) in [6, 6.07) is 6.84. The van der Waals surface area contributed by atoms with E-state index in [0.717, 1.165) is 5.92 Å². The number of rotatable bonds is 3. The van der Waals surface area contributed by atoms with Gasteiger partial charge in [-0.3, -0.25) is 0 Å². The predicted octanol–water partition coefficient (Wildman–Crippen LogP) is 4.05. The Morgan fingerprint density at radius 2 is 2.00 bits per heavy atom. The minimum atomic E-state index is 0.342. The van der Waals surface area contributed by atoms with Gasteiger partial charge in [-0.05, 0) is 37.0 Å². The quantitative estimate of drug-likeness (QED) is 0.845. The van der Waals surface area contributed by atoms with Crippen LogP contribution in [-0.2, 0) is 0 Å². The van der Waals surface area contributed by atoms with Gasteiger partial charge in [-0.2, -0.15) is 0 Å². The number of hydrogen-bond donors (Lipinski definition) is 1. The van der Waals surface area contributed by atoms with E-state index in [1.54, 1.807) is 0 Å². The van der Waals surface area contributed by atoms with Crippen molar-refractivity contribution < 1.29 is 0 Å². The average Bonchev–Trinajstić information content (AvgIpc) is 2.86. The summed E-state index contributed by atoms with van der Waals surface area (Å²) in [6.07, 6.45) is 1.28. The van der Waals surface area contributed by atoms with E-state index in [1.807, 2.05) is 18.2 Å². The molecule has 1 saturated carbocycles. The monoisotopic (exact) mass is 243 g/mol. The Morgan fingerprint density at radius 1 is 1.33 bits per heavy atom. The molecule has 2 rings (SSSR count). The van der Waals surface area contributed by atoms with E-state index >= 15 is 0 Å². The van der Waals surface area contributed by atoms with Crippen LogP contribution in [0.5, 0.6) is 0 Å². The third-order valence-corrected chi connectivity index (χ3v) is 3.76. The van der Waals surface area contributed by atoms with Crippen molar-refractivity contribution in [2.45, 2.75) is 32.4 Å². The summed E-state index contributed by atoms with van der Waals surface area (Å²) in [6.45, 7) is 4.42. The fourth-order valence-corrected chi connectivity index (χ4v) is 2.06. The topological polar surface area (TPSA) is 12.0 Å². The van der Waals surface area contributed by atoms with Gasteiger partial charge in [0.05, 0.1) is 10.0 Å². The summed E-state index contributed by atoms with van der Waals surface area (Å²) in [5, 5.41) is 4.81. The highest BCUT2D eigenvalue weighted by atomic mass is 35.5. The van der Waals surface area contributed by atoms with Crippen LogP contribution in [0.1, 0.15) is 31.9 Å². The predicted molar refractivity (Wildman–Crippen MR) is 65.6 cm³/mol. The van der Waals surface area contributed by atoms with E-state index in [2.05, 4.69) is 19.2 Å². The van der Waals surface area contributed by atoms with Crippen molar-refractivity contribution in [2.24, 2.45) is 5.92 Å². The highest BCUT2D eigenvalue weighted by molar-refractivity contribution is 6.42. The third-order valence-electron chi connectivity index (χ3n) is 3.02. The smallest absolute Gasteiger partial charge is 0.0595 e. The van der Waals surface area contributed by atoms with Gasteiger partial charge < -0.3 is 5.32 Å². The summed E-state index contributed by atoms with van der Waals surface area (Å²) in [7, 11) is 0.